The van der Waals surface area contributed by atoms with Gasteiger partial charge in [-0.3, -0.25) is 10.1 Å². The molecule has 10 nitrogen and oxygen atoms in total. The lowest BCUT2D eigenvalue weighted by Gasteiger charge is -2.09. The maximum atomic E-state index is 12.4. The molecule has 3 aromatic heterocycles. The first-order valence-corrected chi connectivity index (χ1v) is 8.47. The van der Waals surface area contributed by atoms with E-state index < -0.39 is 11.5 Å². The van der Waals surface area contributed by atoms with Crippen LogP contribution < -0.4 is 21.0 Å². The van der Waals surface area contributed by atoms with Crippen LogP contribution in [0.25, 0.3) is 5.13 Å². The first kappa shape index (κ1) is 17.6. The molecule has 136 valence electrons. The van der Waals surface area contributed by atoms with Gasteiger partial charge in [0.15, 0.2) is 5.76 Å². The average molecular weight is 376 g/mol. The predicted octanol–water partition coefficient (Wildman–Crippen LogP) is 1.68. The maximum absolute atomic E-state index is 12.4. The molecule has 0 atom stereocenters. The monoisotopic (exact) mass is 376 g/mol. The van der Waals surface area contributed by atoms with E-state index in [4.69, 9.17) is 9.15 Å². The van der Waals surface area contributed by atoms with Gasteiger partial charge in [-0.15, -0.1) is 10.2 Å². The summed E-state index contributed by atoms with van der Waals surface area (Å²) >= 11 is 1.14. The number of methoxy groups -OCH3 is 1. The number of hydrogen-bond acceptors (Lipinski definition) is 9. The van der Waals surface area contributed by atoms with Crippen LogP contribution in [0.1, 0.15) is 23.2 Å². The quantitative estimate of drug-likeness (QED) is 0.666. The SMILES string of the molecule is CCNc1cc(C(=O)Nc2nnc(-n3nccc3C)s2)oc(=O)c1OC. The van der Waals surface area contributed by atoms with Gasteiger partial charge in [-0.1, -0.05) is 11.3 Å². The summed E-state index contributed by atoms with van der Waals surface area (Å²) in [5.41, 5.74) is 0.512. The van der Waals surface area contributed by atoms with Crippen molar-refractivity contribution in [1.82, 2.24) is 20.0 Å². The van der Waals surface area contributed by atoms with Gasteiger partial charge in [0.05, 0.1) is 12.8 Å². The fraction of sp³-hybridized carbons (Fsp3) is 0.267. The van der Waals surface area contributed by atoms with Gasteiger partial charge in [0, 0.05) is 24.5 Å². The lowest BCUT2D eigenvalue weighted by Crippen LogP contribution is -2.17. The highest BCUT2D eigenvalue weighted by molar-refractivity contribution is 7.17. The van der Waals surface area contributed by atoms with Gasteiger partial charge in [0.1, 0.15) is 0 Å². The van der Waals surface area contributed by atoms with Crippen LogP contribution in [0.15, 0.2) is 27.5 Å². The molecular weight excluding hydrogens is 360 g/mol. The standard InChI is InChI=1S/C15H16N6O4S/c1-4-16-9-7-10(25-13(23)11(9)24-3)12(22)18-14-19-20-15(26-14)21-8(2)5-6-17-21/h5-7,16H,4H2,1-3H3,(H,18,19,22). The Hall–Kier alpha value is -3.21. The lowest BCUT2D eigenvalue weighted by molar-refractivity contribution is 0.0991. The normalized spacial score (nSPS) is 10.6. The van der Waals surface area contributed by atoms with E-state index in [2.05, 4.69) is 25.9 Å². The molecule has 1 amide bonds. The summed E-state index contributed by atoms with van der Waals surface area (Å²) in [6.07, 6.45) is 1.64. The molecule has 0 saturated heterocycles. The Kier molecular flexibility index (Phi) is 4.98. The highest BCUT2D eigenvalue weighted by atomic mass is 32.1. The fourth-order valence-electron chi connectivity index (χ4n) is 2.19. The second-order valence-electron chi connectivity index (χ2n) is 5.10. The van der Waals surface area contributed by atoms with Crippen LogP contribution in [0.2, 0.25) is 0 Å². The third-order valence-electron chi connectivity index (χ3n) is 3.35. The van der Waals surface area contributed by atoms with Gasteiger partial charge in [-0.25, -0.2) is 9.48 Å². The Morgan fingerprint density at radius 2 is 2.23 bits per heavy atom. The highest BCUT2D eigenvalue weighted by Gasteiger charge is 2.19. The van der Waals surface area contributed by atoms with E-state index in [1.165, 1.54) is 13.2 Å². The number of carbonyl (C=O) groups excluding carboxylic acids is 1. The summed E-state index contributed by atoms with van der Waals surface area (Å²) in [6, 6.07) is 3.23. The summed E-state index contributed by atoms with van der Waals surface area (Å²) in [5.74, 6) is -0.779. The number of amides is 1. The molecule has 3 aromatic rings. The van der Waals surface area contributed by atoms with Crippen molar-refractivity contribution in [2.75, 3.05) is 24.3 Å². The van der Waals surface area contributed by atoms with Crippen molar-refractivity contribution < 1.29 is 13.9 Å². The highest BCUT2D eigenvalue weighted by Crippen LogP contribution is 2.23. The minimum Gasteiger partial charge on any atom is -0.488 e. The van der Waals surface area contributed by atoms with Gasteiger partial charge in [-0.2, -0.15) is 5.10 Å². The number of nitrogens with zero attached hydrogens (tertiary/aromatic N) is 4. The number of ether oxygens (including phenoxy) is 1. The van der Waals surface area contributed by atoms with Crippen LogP contribution in [0.3, 0.4) is 0 Å². The number of rotatable bonds is 6. The van der Waals surface area contributed by atoms with Crippen LogP contribution in [0.5, 0.6) is 5.75 Å². The molecule has 3 rings (SSSR count). The number of hydrogen-bond donors (Lipinski definition) is 2. The van der Waals surface area contributed by atoms with E-state index in [-0.39, 0.29) is 16.6 Å². The number of aromatic nitrogens is 4. The molecule has 0 bridgehead atoms. The molecule has 0 aliphatic heterocycles. The summed E-state index contributed by atoms with van der Waals surface area (Å²) in [7, 11) is 1.35. The zero-order chi connectivity index (χ0) is 18.7. The van der Waals surface area contributed by atoms with Gasteiger partial charge in [0.25, 0.3) is 5.91 Å². The van der Waals surface area contributed by atoms with E-state index in [0.29, 0.717) is 17.4 Å². The van der Waals surface area contributed by atoms with Crippen LogP contribution in [-0.4, -0.2) is 39.5 Å². The topological polar surface area (TPSA) is 124 Å². The van der Waals surface area contributed by atoms with Gasteiger partial charge >= 0.3 is 5.63 Å². The predicted molar refractivity (Wildman–Crippen MR) is 95.4 cm³/mol. The van der Waals surface area contributed by atoms with E-state index in [9.17, 15) is 9.59 Å². The maximum Gasteiger partial charge on any atom is 0.381 e. The van der Waals surface area contributed by atoms with Crippen molar-refractivity contribution in [2.24, 2.45) is 0 Å². The average Bonchev–Trinajstić information content (AvgIpc) is 3.23. The summed E-state index contributed by atoms with van der Waals surface area (Å²) in [5, 5.41) is 18.3. The number of nitrogens with one attached hydrogen (secondary N) is 2. The first-order valence-electron chi connectivity index (χ1n) is 7.65. The van der Waals surface area contributed by atoms with Crippen LogP contribution >= 0.6 is 11.3 Å². The smallest absolute Gasteiger partial charge is 0.381 e. The molecular formula is C15H16N6O4S. The van der Waals surface area contributed by atoms with Crippen molar-refractivity contribution in [3.8, 4) is 10.9 Å². The third-order valence-corrected chi connectivity index (χ3v) is 4.17. The van der Waals surface area contributed by atoms with Crippen LogP contribution in [-0.2, 0) is 0 Å². The lowest BCUT2D eigenvalue weighted by atomic mass is 10.3. The number of aryl methyl sites for hydroxylation is 1. The van der Waals surface area contributed by atoms with Gasteiger partial charge in [-0.05, 0) is 19.9 Å². The van der Waals surface area contributed by atoms with Crippen molar-refractivity contribution in [3.05, 3.63) is 40.2 Å². The van der Waals surface area contributed by atoms with Crippen molar-refractivity contribution in [1.29, 1.82) is 0 Å². The van der Waals surface area contributed by atoms with Gasteiger partial charge < -0.3 is 14.5 Å². The van der Waals surface area contributed by atoms with E-state index in [0.717, 1.165) is 17.0 Å². The second-order valence-corrected chi connectivity index (χ2v) is 6.06. The Bertz CT molecular complexity index is 992. The Morgan fingerprint density at radius 1 is 1.42 bits per heavy atom. The molecule has 26 heavy (non-hydrogen) atoms. The zero-order valence-corrected chi connectivity index (χ0v) is 15.1. The largest absolute Gasteiger partial charge is 0.488 e. The molecule has 0 spiro atoms. The van der Waals surface area contributed by atoms with E-state index in [1.54, 1.807) is 10.9 Å². The Labute approximate surface area is 151 Å². The van der Waals surface area contributed by atoms with Crippen LogP contribution in [0, 0.1) is 6.92 Å². The fourth-order valence-corrected chi connectivity index (χ4v) is 2.95. The van der Waals surface area contributed by atoms with Crippen LogP contribution in [0.4, 0.5) is 10.8 Å². The number of carbonyl (C=O) groups is 1. The molecule has 3 heterocycles. The molecule has 11 heteroatoms. The molecule has 0 unspecified atom stereocenters. The molecule has 0 fully saturated rings. The number of anilines is 2. The first-order chi connectivity index (χ1) is 12.5. The molecule has 0 aromatic carbocycles. The molecule has 0 aliphatic rings. The van der Waals surface area contributed by atoms with Crippen molar-refractivity contribution in [2.45, 2.75) is 13.8 Å². The minimum absolute atomic E-state index is 0.00996. The second kappa shape index (κ2) is 7.35. The van der Waals surface area contributed by atoms with E-state index in [1.807, 2.05) is 19.9 Å². The summed E-state index contributed by atoms with van der Waals surface area (Å²) < 4.78 is 11.6. The van der Waals surface area contributed by atoms with Crippen molar-refractivity contribution >= 4 is 28.1 Å². The molecule has 0 saturated carbocycles. The summed E-state index contributed by atoms with van der Waals surface area (Å²) in [6.45, 7) is 4.28. The van der Waals surface area contributed by atoms with Gasteiger partial charge in [0.2, 0.25) is 16.0 Å². The van der Waals surface area contributed by atoms with E-state index >= 15 is 0 Å². The Morgan fingerprint density at radius 3 is 2.88 bits per heavy atom. The Balaban J connectivity index is 1.83. The molecule has 0 aliphatic carbocycles. The third kappa shape index (κ3) is 3.42. The minimum atomic E-state index is -0.749. The zero-order valence-electron chi connectivity index (χ0n) is 14.3. The molecule has 0 radical (unpaired) electrons. The molecule has 2 N–H and O–H groups in total. The van der Waals surface area contributed by atoms with Crippen molar-refractivity contribution in [3.63, 3.8) is 0 Å². The summed E-state index contributed by atoms with van der Waals surface area (Å²) in [4.78, 5) is 24.4.